The summed E-state index contributed by atoms with van der Waals surface area (Å²) in [5.41, 5.74) is 4.98. The monoisotopic (exact) mass is 457 g/mol. The van der Waals surface area contributed by atoms with E-state index < -0.39 is 0 Å². The van der Waals surface area contributed by atoms with Gasteiger partial charge in [-0.2, -0.15) is 0 Å². The van der Waals surface area contributed by atoms with Crippen LogP contribution in [0.4, 0.5) is 5.82 Å². The van der Waals surface area contributed by atoms with Gasteiger partial charge in [0.05, 0.1) is 8.27 Å². The predicted octanol–water partition coefficient (Wildman–Crippen LogP) is 5.88. The van der Waals surface area contributed by atoms with E-state index in [2.05, 4.69) is 99.4 Å². The molecule has 4 rings (SSSR count). The number of benzene rings is 2. The molecule has 0 aliphatic rings. The molecule has 0 fully saturated rings. The Bertz CT molecular complexity index is 1020. The van der Waals surface area contributed by atoms with Crippen molar-refractivity contribution in [2.24, 2.45) is 0 Å². The summed E-state index contributed by atoms with van der Waals surface area (Å²) in [5, 5.41) is 4.55. The highest BCUT2D eigenvalue weighted by atomic mass is 127. The van der Waals surface area contributed by atoms with Crippen molar-refractivity contribution >= 4 is 50.0 Å². The zero-order valence-electron chi connectivity index (χ0n) is 13.7. The van der Waals surface area contributed by atoms with Crippen molar-refractivity contribution in [1.29, 1.82) is 0 Å². The van der Waals surface area contributed by atoms with Crippen molar-refractivity contribution in [3.05, 3.63) is 74.9 Å². The average molecular weight is 457 g/mol. The molecule has 2 aromatic carbocycles. The highest BCUT2D eigenvalue weighted by molar-refractivity contribution is 14.1. The molecule has 4 aromatic rings. The van der Waals surface area contributed by atoms with Crippen molar-refractivity contribution in [2.45, 2.75) is 13.5 Å². The summed E-state index contributed by atoms with van der Waals surface area (Å²) in [4.78, 5) is 9.77. The van der Waals surface area contributed by atoms with Crippen LogP contribution >= 0.6 is 33.9 Å². The van der Waals surface area contributed by atoms with E-state index in [4.69, 9.17) is 0 Å². The fraction of sp³-hybridized carbons (Fsp3) is 0.100. The third-order valence-electron chi connectivity index (χ3n) is 4.07. The van der Waals surface area contributed by atoms with Crippen molar-refractivity contribution in [3.8, 4) is 11.1 Å². The quantitative estimate of drug-likeness (QED) is 0.389. The minimum absolute atomic E-state index is 0.734. The first kappa shape index (κ1) is 16.5. The standard InChI is InChI=1S/C20H16IN3S/c1-13-5-7-15(8-6-13)16-4-2-3-14(9-16)11-22-19-17-10-18(21)25-20(17)24-12-23-19/h2-10,12H,11H2,1H3,(H,22,23,24). The number of nitrogens with one attached hydrogen (secondary N) is 1. The molecular weight excluding hydrogens is 441 g/mol. The fourth-order valence-corrected chi connectivity index (χ4v) is 4.42. The second-order valence-corrected chi connectivity index (χ2v) is 8.84. The smallest absolute Gasteiger partial charge is 0.138 e. The van der Waals surface area contributed by atoms with Crippen molar-refractivity contribution in [3.63, 3.8) is 0 Å². The number of hydrogen-bond donors (Lipinski definition) is 1. The SMILES string of the molecule is Cc1ccc(-c2cccc(CNc3ncnc4sc(I)cc34)c2)cc1. The second-order valence-electron chi connectivity index (χ2n) is 5.91. The molecule has 0 saturated carbocycles. The summed E-state index contributed by atoms with van der Waals surface area (Å²) < 4.78 is 1.22. The van der Waals surface area contributed by atoms with Gasteiger partial charge in [-0.15, -0.1) is 11.3 Å². The first-order valence-corrected chi connectivity index (χ1v) is 9.88. The number of anilines is 1. The Hall–Kier alpha value is -1.99. The maximum atomic E-state index is 4.41. The minimum atomic E-state index is 0.734. The summed E-state index contributed by atoms with van der Waals surface area (Å²) in [6, 6.07) is 19.4. The molecule has 0 aliphatic carbocycles. The molecular formula is C20H16IN3S. The summed E-state index contributed by atoms with van der Waals surface area (Å²) in [5.74, 6) is 0.893. The van der Waals surface area contributed by atoms with Gasteiger partial charge in [-0.3, -0.25) is 0 Å². The van der Waals surface area contributed by atoms with E-state index in [-0.39, 0.29) is 0 Å². The normalized spacial score (nSPS) is 11.0. The first-order valence-electron chi connectivity index (χ1n) is 7.99. The van der Waals surface area contributed by atoms with Crippen LogP contribution < -0.4 is 5.32 Å². The van der Waals surface area contributed by atoms with Gasteiger partial charge in [0.1, 0.15) is 17.0 Å². The first-order chi connectivity index (χ1) is 12.2. The lowest BCUT2D eigenvalue weighted by Gasteiger charge is -2.09. The van der Waals surface area contributed by atoms with Gasteiger partial charge >= 0.3 is 0 Å². The van der Waals surface area contributed by atoms with Crippen LogP contribution in [0.25, 0.3) is 21.3 Å². The number of aromatic nitrogens is 2. The minimum Gasteiger partial charge on any atom is -0.365 e. The highest BCUT2D eigenvalue weighted by Gasteiger charge is 2.07. The zero-order valence-corrected chi connectivity index (χ0v) is 16.6. The third kappa shape index (κ3) is 3.67. The van der Waals surface area contributed by atoms with E-state index in [9.17, 15) is 0 Å². The van der Waals surface area contributed by atoms with E-state index >= 15 is 0 Å². The van der Waals surface area contributed by atoms with Crippen LogP contribution in [0.3, 0.4) is 0 Å². The summed E-state index contributed by atoms with van der Waals surface area (Å²) in [6.45, 7) is 2.84. The van der Waals surface area contributed by atoms with E-state index in [1.807, 2.05) is 0 Å². The van der Waals surface area contributed by atoms with Crippen molar-refractivity contribution in [2.75, 3.05) is 5.32 Å². The van der Waals surface area contributed by atoms with Crippen molar-refractivity contribution < 1.29 is 0 Å². The molecule has 2 heterocycles. The fourth-order valence-electron chi connectivity index (χ4n) is 2.76. The van der Waals surface area contributed by atoms with Gasteiger partial charge in [0.25, 0.3) is 0 Å². The molecule has 0 saturated heterocycles. The molecule has 25 heavy (non-hydrogen) atoms. The summed E-state index contributed by atoms with van der Waals surface area (Å²) in [6.07, 6.45) is 1.62. The summed E-state index contributed by atoms with van der Waals surface area (Å²) >= 11 is 4.01. The van der Waals surface area contributed by atoms with Gasteiger partial charge in [-0.1, -0.05) is 48.0 Å². The highest BCUT2D eigenvalue weighted by Crippen LogP contribution is 2.29. The molecule has 2 aromatic heterocycles. The van der Waals surface area contributed by atoms with E-state index in [0.717, 1.165) is 22.6 Å². The second kappa shape index (κ2) is 7.09. The Morgan fingerprint density at radius 3 is 2.68 bits per heavy atom. The Morgan fingerprint density at radius 2 is 1.84 bits per heavy atom. The lowest BCUT2D eigenvalue weighted by Crippen LogP contribution is -2.02. The number of halogens is 1. The molecule has 0 atom stereocenters. The molecule has 0 bridgehead atoms. The van der Waals surface area contributed by atoms with Crippen LogP contribution in [0.15, 0.2) is 60.9 Å². The molecule has 0 amide bonds. The van der Waals surface area contributed by atoms with Gasteiger partial charge in [0.15, 0.2) is 0 Å². The topological polar surface area (TPSA) is 37.8 Å². The molecule has 3 nitrogen and oxygen atoms in total. The lowest BCUT2D eigenvalue weighted by atomic mass is 10.0. The van der Waals surface area contributed by atoms with E-state index in [1.54, 1.807) is 17.7 Å². The Labute approximate surface area is 164 Å². The van der Waals surface area contributed by atoms with Crippen LogP contribution in [0.1, 0.15) is 11.1 Å². The zero-order chi connectivity index (χ0) is 17.2. The average Bonchev–Trinajstić information content (AvgIpc) is 3.01. The molecule has 0 aliphatic heterocycles. The van der Waals surface area contributed by atoms with E-state index in [0.29, 0.717) is 0 Å². The Balaban J connectivity index is 1.57. The molecule has 0 radical (unpaired) electrons. The van der Waals surface area contributed by atoms with Crippen LogP contribution in [0, 0.1) is 9.81 Å². The van der Waals surface area contributed by atoms with Crippen molar-refractivity contribution in [1.82, 2.24) is 9.97 Å². The van der Waals surface area contributed by atoms with Gasteiger partial charge in [0.2, 0.25) is 0 Å². The summed E-state index contributed by atoms with van der Waals surface area (Å²) in [7, 11) is 0. The van der Waals surface area contributed by atoms with E-state index in [1.165, 1.54) is 25.1 Å². The lowest BCUT2D eigenvalue weighted by molar-refractivity contribution is 1.11. The molecule has 5 heteroatoms. The van der Waals surface area contributed by atoms with Crippen LogP contribution in [0.2, 0.25) is 0 Å². The number of fused-ring (bicyclic) bond motifs is 1. The van der Waals surface area contributed by atoms with Crippen LogP contribution in [-0.4, -0.2) is 9.97 Å². The van der Waals surface area contributed by atoms with Gasteiger partial charge in [0, 0.05) is 6.54 Å². The number of nitrogens with zero attached hydrogens (tertiary/aromatic N) is 2. The van der Waals surface area contributed by atoms with Gasteiger partial charge < -0.3 is 5.32 Å². The third-order valence-corrected chi connectivity index (χ3v) is 5.87. The largest absolute Gasteiger partial charge is 0.365 e. The van der Waals surface area contributed by atoms with Crippen LogP contribution in [-0.2, 0) is 6.54 Å². The van der Waals surface area contributed by atoms with Gasteiger partial charge in [-0.05, 0) is 58.3 Å². The molecule has 124 valence electrons. The number of rotatable bonds is 4. The maximum Gasteiger partial charge on any atom is 0.138 e. The number of aryl methyl sites for hydroxylation is 1. The molecule has 1 N–H and O–H groups in total. The predicted molar refractivity (Wildman–Crippen MR) is 114 cm³/mol. The van der Waals surface area contributed by atoms with Gasteiger partial charge in [-0.25, -0.2) is 9.97 Å². The maximum absolute atomic E-state index is 4.41. The molecule has 0 spiro atoms. The Morgan fingerprint density at radius 1 is 1.00 bits per heavy atom. The van der Waals surface area contributed by atoms with Crippen LogP contribution in [0.5, 0.6) is 0 Å². The molecule has 0 unspecified atom stereocenters. The number of hydrogen-bond acceptors (Lipinski definition) is 4. The Kier molecular flexibility index (Phi) is 4.67. The number of thiophene rings is 1.